The van der Waals surface area contributed by atoms with Crippen LogP contribution in [0.3, 0.4) is 0 Å². The second-order valence-electron chi connectivity index (χ2n) is 7.18. The fourth-order valence-corrected chi connectivity index (χ4v) is 3.31. The number of nitro groups is 1. The number of rotatable bonds is 5. The van der Waals surface area contributed by atoms with E-state index < -0.39 is 10.8 Å². The number of benzene rings is 2. The minimum Gasteiger partial charge on any atom is -0.490 e. The van der Waals surface area contributed by atoms with Gasteiger partial charge in [-0.15, -0.1) is 0 Å². The van der Waals surface area contributed by atoms with Crippen LogP contribution in [-0.2, 0) is 0 Å². The average molecular weight is 384 g/mol. The van der Waals surface area contributed by atoms with Gasteiger partial charge < -0.3 is 14.8 Å². The summed E-state index contributed by atoms with van der Waals surface area (Å²) in [5.41, 5.74) is 1.21. The maximum atomic E-state index is 12.9. The summed E-state index contributed by atoms with van der Waals surface area (Å²) in [4.78, 5) is 23.8. The Balaban J connectivity index is 1.91. The molecule has 7 heteroatoms. The molecule has 0 radical (unpaired) electrons. The highest BCUT2D eigenvalue weighted by molar-refractivity contribution is 5.98. The lowest BCUT2D eigenvalue weighted by Gasteiger charge is -2.24. The van der Waals surface area contributed by atoms with E-state index in [1.54, 1.807) is 19.1 Å². The van der Waals surface area contributed by atoms with Crippen LogP contribution in [0.1, 0.15) is 47.8 Å². The first-order chi connectivity index (χ1) is 13.4. The molecular formula is C21H24N2O5. The van der Waals surface area contributed by atoms with Gasteiger partial charge >= 0.3 is 0 Å². The lowest BCUT2D eigenvalue weighted by Crippen LogP contribution is -2.32. The summed E-state index contributed by atoms with van der Waals surface area (Å²) in [7, 11) is 0. The normalized spacial score (nSPS) is 14.3. The molecule has 0 aromatic heterocycles. The van der Waals surface area contributed by atoms with E-state index in [1.165, 1.54) is 6.07 Å². The monoisotopic (exact) mass is 384 g/mol. The number of hydrogen-bond acceptors (Lipinski definition) is 5. The Morgan fingerprint density at radius 2 is 1.86 bits per heavy atom. The van der Waals surface area contributed by atoms with Crippen LogP contribution in [0.25, 0.3) is 0 Å². The third-order valence-corrected chi connectivity index (χ3v) is 4.75. The van der Waals surface area contributed by atoms with Gasteiger partial charge in [-0.3, -0.25) is 14.9 Å². The van der Waals surface area contributed by atoms with E-state index >= 15 is 0 Å². The Morgan fingerprint density at radius 3 is 2.54 bits per heavy atom. The highest BCUT2D eigenvalue weighted by Gasteiger charge is 2.26. The van der Waals surface area contributed by atoms with Gasteiger partial charge in [-0.05, 0) is 36.6 Å². The van der Waals surface area contributed by atoms with Crippen LogP contribution in [-0.4, -0.2) is 24.0 Å². The van der Waals surface area contributed by atoms with Crippen molar-refractivity contribution in [2.45, 2.75) is 33.2 Å². The number of nitrogens with one attached hydrogen (secondary N) is 1. The van der Waals surface area contributed by atoms with Crippen LogP contribution in [0.4, 0.5) is 5.69 Å². The van der Waals surface area contributed by atoms with Gasteiger partial charge in [0.05, 0.1) is 24.2 Å². The molecule has 7 nitrogen and oxygen atoms in total. The van der Waals surface area contributed by atoms with Crippen molar-refractivity contribution >= 4 is 11.6 Å². The molecule has 1 unspecified atom stereocenters. The fourth-order valence-electron chi connectivity index (χ4n) is 3.31. The molecule has 2 aromatic carbocycles. The lowest BCUT2D eigenvalue weighted by molar-refractivity contribution is -0.385. The third kappa shape index (κ3) is 4.08. The number of nitrogens with zero attached hydrogens (tertiary/aromatic N) is 1. The Kier molecular flexibility index (Phi) is 5.82. The van der Waals surface area contributed by atoms with Crippen molar-refractivity contribution in [1.29, 1.82) is 0 Å². The zero-order valence-corrected chi connectivity index (χ0v) is 16.2. The molecule has 0 aliphatic carbocycles. The van der Waals surface area contributed by atoms with Gasteiger partial charge in [0.25, 0.3) is 11.6 Å². The highest BCUT2D eigenvalue weighted by atomic mass is 16.6. The topological polar surface area (TPSA) is 90.7 Å². The molecule has 2 aromatic rings. The van der Waals surface area contributed by atoms with Crippen LogP contribution in [0.5, 0.6) is 11.5 Å². The Labute approximate surface area is 163 Å². The summed E-state index contributed by atoms with van der Waals surface area (Å²) in [6.07, 6.45) is 0.811. The molecule has 3 rings (SSSR count). The van der Waals surface area contributed by atoms with Gasteiger partial charge in [0.15, 0.2) is 11.5 Å². The van der Waals surface area contributed by atoms with Crippen molar-refractivity contribution in [3.05, 3.63) is 63.2 Å². The molecule has 28 heavy (non-hydrogen) atoms. The molecule has 1 aliphatic rings. The van der Waals surface area contributed by atoms with E-state index in [-0.39, 0.29) is 23.2 Å². The maximum Gasteiger partial charge on any atom is 0.285 e. The third-order valence-electron chi connectivity index (χ3n) is 4.75. The molecule has 1 heterocycles. The van der Waals surface area contributed by atoms with Gasteiger partial charge in [-0.2, -0.15) is 0 Å². The van der Waals surface area contributed by atoms with Crippen LogP contribution < -0.4 is 14.8 Å². The van der Waals surface area contributed by atoms with Gasteiger partial charge in [-0.25, -0.2) is 0 Å². The Hall–Kier alpha value is -3.09. The molecule has 1 aliphatic heterocycles. The number of amides is 1. The second-order valence-corrected chi connectivity index (χ2v) is 7.18. The first kappa shape index (κ1) is 19.7. The summed E-state index contributed by atoms with van der Waals surface area (Å²) in [6.45, 7) is 6.77. The predicted octanol–water partition coefficient (Wildman–Crippen LogP) is 4.19. The number of para-hydroxylation sites is 1. The zero-order chi connectivity index (χ0) is 20.3. The molecule has 1 atom stereocenters. The van der Waals surface area contributed by atoms with E-state index in [0.717, 1.165) is 12.0 Å². The van der Waals surface area contributed by atoms with E-state index in [0.29, 0.717) is 30.3 Å². The van der Waals surface area contributed by atoms with Crippen LogP contribution in [0, 0.1) is 23.0 Å². The number of ether oxygens (including phenoxy) is 2. The smallest absolute Gasteiger partial charge is 0.285 e. The number of fused-ring (bicyclic) bond motifs is 1. The Bertz CT molecular complexity index is 894. The summed E-state index contributed by atoms with van der Waals surface area (Å²) in [5.74, 6) is 0.930. The van der Waals surface area contributed by atoms with E-state index in [4.69, 9.17) is 9.47 Å². The number of hydrogen-bond donors (Lipinski definition) is 1. The average Bonchev–Trinajstić information content (AvgIpc) is 2.89. The first-order valence-electron chi connectivity index (χ1n) is 9.33. The lowest BCUT2D eigenvalue weighted by atomic mass is 9.95. The van der Waals surface area contributed by atoms with Crippen LogP contribution >= 0.6 is 0 Å². The molecule has 148 valence electrons. The summed E-state index contributed by atoms with van der Waals surface area (Å²) >= 11 is 0. The van der Waals surface area contributed by atoms with Crippen molar-refractivity contribution in [3.63, 3.8) is 0 Å². The summed E-state index contributed by atoms with van der Waals surface area (Å²) in [5, 5.41) is 14.4. The predicted molar refractivity (Wildman–Crippen MR) is 105 cm³/mol. The number of carbonyl (C=O) groups is 1. The van der Waals surface area contributed by atoms with Crippen molar-refractivity contribution in [2.75, 3.05) is 13.2 Å². The zero-order valence-electron chi connectivity index (χ0n) is 16.2. The second kappa shape index (κ2) is 8.29. The SMILES string of the molecule is Cc1cccc(C(=O)NC(c2ccc3c(c2)OCCCO3)C(C)C)c1[N+](=O)[O-]. The van der Waals surface area contributed by atoms with Crippen molar-refractivity contribution in [2.24, 2.45) is 5.92 Å². The number of nitro benzene ring substituents is 1. The molecule has 0 fully saturated rings. The van der Waals surface area contributed by atoms with Crippen LogP contribution in [0.2, 0.25) is 0 Å². The van der Waals surface area contributed by atoms with Crippen molar-refractivity contribution < 1.29 is 19.2 Å². The van der Waals surface area contributed by atoms with Gasteiger partial charge in [0.1, 0.15) is 5.56 Å². The summed E-state index contributed by atoms with van der Waals surface area (Å²) < 4.78 is 11.4. The van der Waals surface area contributed by atoms with Crippen LogP contribution in [0.15, 0.2) is 36.4 Å². The van der Waals surface area contributed by atoms with Crippen molar-refractivity contribution in [3.8, 4) is 11.5 Å². The number of carbonyl (C=O) groups excluding carboxylic acids is 1. The Morgan fingerprint density at radius 1 is 1.14 bits per heavy atom. The minimum absolute atomic E-state index is 0.0602. The highest BCUT2D eigenvalue weighted by Crippen LogP contribution is 2.34. The molecule has 0 saturated heterocycles. The molecule has 1 amide bonds. The maximum absolute atomic E-state index is 12.9. The standard InChI is InChI=1S/C21H24N2O5/c1-13(2)19(15-8-9-17-18(12-15)28-11-5-10-27-17)22-21(24)16-7-4-6-14(3)20(16)23(25)26/h4,6-9,12-13,19H,5,10-11H2,1-3H3,(H,22,24). The van der Waals surface area contributed by atoms with Gasteiger partial charge in [0, 0.05) is 12.0 Å². The largest absolute Gasteiger partial charge is 0.490 e. The van der Waals surface area contributed by atoms with E-state index in [2.05, 4.69) is 5.32 Å². The molecule has 1 N–H and O–H groups in total. The van der Waals surface area contributed by atoms with E-state index in [9.17, 15) is 14.9 Å². The number of aryl methyl sites for hydroxylation is 1. The molecule has 0 saturated carbocycles. The van der Waals surface area contributed by atoms with E-state index in [1.807, 2.05) is 32.0 Å². The fraction of sp³-hybridized carbons (Fsp3) is 0.381. The van der Waals surface area contributed by atoms with Gasteiger partial charge in [-0.1, -0.05) is 32.0 Å². The van der Waals surface area contributed by atoms with Crippen molar-refractivity contribution in [1.82, 2.24) is 5.32 Å². The van der Waals surface area contributed by atoms with Gasteiger partial charge in [0.2, 0.25) is 0 Å². The minimum atomic E-state index is -0.512. The summed E-state index contributed by atoms with van der Waals surface area (Å²) in [6, 6.07) is 10.0. The first-order valence-corrected chi connectivity index (χ1v) is 9.33. The quantitative estimate of drug-likeness (QED) is 0.616. The molecule has 0 spiro atoms. The molecular weight excluding hydrogens is 360 g/mol. The molecule has 0 bridgehead atoms.